The number of hydrogen-bond acceptors (Lipinski definition) is 8. The second kappa shape index (κ2) is 6.48. The molecule has 10 heteroatoms. The molecule has 2 aromatic carbocycles. The van der Waals surface area contributed by atoms with Gasteiger partial charge in [0.2, 0.25) is 0 Å². The molecule has 27 heavy (non-hydrogen) atoms. The molecule has 0 aliphatic carbocycles. The summed E-state index contributed by atoms with van der Waals surface area (Å²) in [5.41, 5.74) is 1.76. The van der Waals surface area contributed by atoms with Gasteiger partial charge in [0, 0.05) is 25.0 Å². The smallest absolute Gasteiger partial charge is 0.273 e. The van der Waals surface area contributed by atoms with Crippen LogP contribution in [0.2, 0.25) is 0 Å². The highest BCUT2D eigenvalue weighted by Crippen LogP contribution is 2.24. The average Bonchev–Trinajstić information content (AvgIpc) is 3.22. The maximum absolute atomic E-state index is 10.8. The van der Waals surface area contributed by atoms with Crippen LogP contribution in [-0.4, -0.2) is 19.8 Å². The van der Waals surface area contributed by atoms with E-state index in [1.54, 1.807) is 12.1 Å². The first kappa shape index (κ1) is 16.6. The Morgan fingerprint density at radius 1 is 0.778 bits per heavy atom. The lowest BCUT2D eigenvalue weighted by Crippen LogP contribution is -1.90. The van der Waals surface area contributed by atoms with E-state index in [1.165, 1.54) is 24.3 Å². The molecule has 4 rings (SSSR count). The number of nitro benzene ring substituents is 2. The van der Waals surface area contributed by atoms with Gasteiger partial charge in [-0.25, -0.2) is 9.97 Å². The number of aromatic nitrogens is 2. The van der Waals surface area contributed by atoms with Crippen LogP contribution in [0.4, 0.5) is 11.4 Å². The van der Waals surface area contributed by atoms with Crippen molar-refractivity contribution >= 4 is 33.6 Å². The van der Waals surface area contributed by atoms with Crippen LogP contribution in [0.3, 0.4) is 0 Å². The van der Waals surface area contributed by atoms with Gasteiger partial charge in [0.05, 0.1) is 22.0 Å². The van der Waals surface area contributed by atoms with Crippen molar-refractivity contribution in [3.63, 3.8) is 0 Å². The van der Waals surface area contributed by atoms with Crippen molar-refractivity contribution < 1.29 is 18.7 Å². The van der Waals surface area contributed by atoms with Crippen molar-refractivity contribution in [3.05, 3.63) is 68.4 Å². The normalized spacial score (nSPS) is 11.3. The topological polar surface area (TPSA) is 138 Å². The molecular weight excluding hydrogens is 356 g/mol. The van der Waals surface area contributed by atoms with Crippen LogP contribution < -0.4 is 0 Å². The number of non-ortho nitro benzene ring substituents is 2. The summed E-state index contributed by atoms with van der Waals surface area (Å²) in [5, 5.41) is 21.6. The Bertz CT molecular complexity index is 1090. The Morgan fingerprint density at radius 3 is 1.63 bits per heavy atom. The van der Waals surface area contributed by atoms with E-state index < -0.39 is 9.85 Å². The van der Waals surface area contributed by atoms with Crippen LogP contribution in [0.25, 0.3) is 22.2 Å². The van der Waals surface area contributed by atoms with E-state index in [0.717, 1.165) is 0 Å². The van der Waals surface area contributed by atoms with Gasteiger partial charge < -0.3 is 8.83 Å². The third-order valence-corrected chi connectivity index (χ3v) is 4.04. The largest absolute Gasteiger partial charge is 0.440 e. The number of hydrogen-bond donors (Lipinski definition) is 0. The highest BCUT2D eigenvalue weighted by Gasteiger charge is 2.14. The van der Waals surface area contributed by atoms with E-state index in [0.29, 0.717) is 53.2 Å². The lowest BCUT2D eigenvalue weighted by Gasteiger charge is -1.93. The first-order valence-electron chi connectivity index (χ1n) is 8.07. The third kappa shape index (κ3) is 3.32. The zero-order valence-electron chi connectivity index (χ0n) is 13.8. The predicted octanol–water partition coefficient (Wildman–Crippen LogP) is 3.96. The molecule has 0 aliphatic heterocycles. The van der Waals surface area contributed by atoms with Crippen LogP contribution in [0.5, 0.6) is 0 Å². The van der Waals surface area contributed by atoms with Crippen LogP contribution in [-0.2, 0) is 12.8 Å². The maximum Gasteiger partial charge on any atom is 0.273 e. The van der Waals surface area contributed by atoms with Crippen molar-refractivity contribution in [2.45, 2.75) is 19.3 Å². The first-order valence-corrected chi connectivity index (χ1v) is 8.07. The van der Waals surface area contributed by atoms with Gasteiger partial charge in [-0.05, 0) is 18.6 Å². The van der Waals surface area contributed by atoms with Gasteiger partial charge in [-0.2, -0.15) is 0 Å². The molecule has 2 heterocycles. The zero-order chi connectivity index (χ0) is 19.0. The summed E-state index contributed by atoms with van der Waals surface area (Å²) in [5.74, 6) is 0.939. The van der Waals surface area contributed by atoms with Gasteiger partial charge in [0.15, 0.2) is 22.9 Å². The average molecular weight is 368 g/mol. The summed E-state index contributed by atoms with van der Waals surface area (Å²) in [7, 11) is 0. The SMILES string of the molecule is O=[N+]([O-])c1ccc2nc(CCCc3nc4ccc([N+](=O)[O-])cc4o3)oc2c1. The van der Waals surface area contributed by atoms with Crippen LogP contribution in [0.1, 0.15) is 18.2 Å². The molecule has 0 aliphatic rings. The minimum Gasteiger partial charge on any atom is -0.440 e. The van der Waals surface area contributed by atoms with Gasteiger partial charge in [0.1, 0.15) is 11.0 Å². The van der Waals surface area contributed by atoms with Crippen molar-refractivity contribution in [1.82, 2.24) is 9.97 Å². The van der Waals surface area contributed by atoms with E-state index >= 15 is 0 Å². The number of rotatable bonds is 6. The Balaban J connectivity index is 1.44. The fourth-order valence-electron chi connectivity index (χ4n) is 2.75. The predicted molar refractivity (Wildman–Crippen MR) is 93.4 cm³/mol. The molecule has 0 atom stereocenters. The van der Waals surface area contributed by atoms with Crippen molar-refractivity contribution in [2.75, 3.05) is 0 Å². The zero-order valence-corrected chi connectivity index (χ0v) is 13.8. The third-order valence-electron chi connectivity index (χ3n) is 4.04. The molecule has 10 nitrogen and oxygen atoms in total. The highest BCUT2D eigenvalue weighted by atomic mass is 16.6. The van der Waals surface area contributed by atoms with Gasteiger partial charge in [-0.3, -0.25) is 20.2 Å². The fraction of sp³-hybridized carbons (Fsp3) is 0.176. The molecule has 136 valence electrons. The summed E-state index contributed by atoms with van der Waals surface area (Å²) in [4.78, 5) is 29.2. The summed E-state index contributed by atoms with van der Waals surface area (Å²) in [6.45, 7) is 0. The molecule has 0 fully saturated rings. The molecule has 0 bridgehead atoms. The minimum absolute atomic E-state index is 0.0502. The van der Waals surface area contributed by atoms with Crippen molar-refractivity contribution in [1.29, 1.82) is 0 Å². The Labute approximate surface area is 150 Å². The molecular formula is C17H12N4O6. The van der Waals surface area contributed by atoms with Gasteiger partial charge in [-0.1, -0.05) is 0 Å². The summed E-state index contributed by atoms with van der Waals surface area (Å²) in [6.07, 6.45) is 1.63. The van der Waals surface area contributed by atoms with E-state index in [4.69, 9.17) is 8.83 Å². The minimum atomic E-state index is -0.487. The first-order chi connectivity index (χ1) is 13.0. The van der Waals surface area contributed by atoms with Gasteiger partial charge in [-0.15, -0.1) is 0 Å². The van der Waals surface area contributed by atoms with Crippen LogP contribution >= 0.6 is 0 Å². The van der Waals surface area contributed by atoms with Gasteiger partial charge >= 0.3 is 0 Å². The van der Waals surface area contributed by atoms with E-state index in [1.807, 2.05) is 0 Å². The Morgan fingerprint density at radius 2 is 1.22 bits per heavy atom. The standard InChI is InChI=1S/C17H12N4O6/c22-20(23)10-4-6-12-14(8-10)26-16(18-12)2-1-3-17-19-13-7-5-11(21(24)25)9-15(13)27-17/h4-9H,1-3H2. The summed E-state index contributed by atoms with van der Waals surface area (Å²) < 4.78 is 11.1. The molecule has 0 radical (unpaired) electrons. The van der Waals surface area contributed by atoms with Crippen molar-refractivity contribution in [2.24, 2.45) is 0 Å². The monoisotopic (exact) mass is 368 g/mol. The summed E-state index contributed by atoms with van der Waals surface area (Å²) in [6, 6.07) is 8.56. The molecule has 0 saturated heterocycles. The quantitative estimate of drug-likeness (QED) is 0.368. The number of nitrogens with zero attached hydrogens (tertiary/aromatic N) is 4. The molecule has 0 saturated carbocycles. The molecule has 4 aromatic rings. The fourth-order valence-corrected chi connectivity index (χ4v) is 2.75. The number of oxazole rings is 2. The second-order valence-electron chi connectivity index (χ2n) is 5.89. The number of nitro groups is 2. The molecule has 0 N–H and O–H groups in total. The number of aryl methyl sites for hydroxylation is 2. The van der Waals surface area contributed by atoms with E-state index in [9.17, 15) is 20.2 Å². The lowest BCUT2D eigenvalue weighted by molar-refractivity contribution is -0.384. The summed E-state index contributed by atoms with van der Waals surface area (Å²) >= 11 is 0. The van der Waals surface area contributed by atoms with E-state index in [2.05, 4.69) is 9.97 Å². The second-order valence-corrected chi connectivity index (χ2v) is 5.89. The van der Waals surface area contributed by atoms with E-state index in [-0.39, 0.29) is 11.4 Å². The maximum atomic E-state index is 10.8. The molecule has 0 unspecified atom stereocenters. The highest BCUT2D eigenvalue weighted by molar-refractivity contribution is 5.76. The number of fused-ring (bicyclic) bond motifs is 2. The Hall–Kier alpha value is -3.82. The van der Waals surface area contributed by atoms with Gasteiger partial charge in [0.25, 0.3) is 11.4 Å². The molecule has 2 aromatic heterocycles. The molecule has 0 amide bonds. The molecule has 0 spiro atoms. The van der Waals surface area contributed by atoms with Crippen molar-refractivity contribution in [3.8, 4) is 0 Å². The lowest BCUT2D eigenvalue weighted by atomic mass is 10.2. The van der Waals surface area contributed by atoms with Crippen LogP contribution in [0, 0.1) is 20.2 Å². The van der Waals surface area contributed by atoms with Crippen LogP contribution in [0.15, 0.2) is 45.2 Å². The Kier molecular flexibility index (Phi) is 3.99. The number of benzene rings is 2.